The molecule has 1 N–H and O–H groups in total. The lowest BCUT2D eigenvalue weighted by Crippen LogP contribution is -2.30. The Morgan fingerprint density at radius 2 is 2.14 bits per heavy atom. The van der Waals surface area contributed by atoms with Crippen LogP contribution in [0.15, 0.2) is 12.2 Å². The molecule has 0 saturated heterocycles. The van der Waals surface area contributed by atoms with Crippen molar-refractivity contribution in [3.63, 3.8) is 0 Å². The highest BCUT2D eigenvalue weighted by atomic mass is 35.6. The molecule has 82 valence electrons. The van der Waals surface area contributed by atoms with E-state index in [0.717, 1.165) is 6.04 Å². The zero-order valence-corrected chi connectivity index (χ0v) is 11.2. The van der Waals surface area contributed by atoms with Gasteiger partial charge in [-0.25, -0.2) is 0 Å². The Bertz CT molecular complexity index is 211. The number of hydrogen-bond donors (Lipinski definition) is 1. The van der Waals surface area contributed by atoms with Gasteiger partial charge in [-0.3, -0.25) is 4.79 Å². The van der Waals surface area contributed by atoms with Gasteiger partial charge in [0.25, 0.3) is 0 Å². The summed E-state index contributed by atoms with van der Waals surface area (Å²) in [4.78, 5) is 11.1. The van der Waals surface area contributed by atoms with E-state index in [9.17, 15) is 4.79 Å². The van der Waals surface area contributed by atoms with Crippen molar-refractivity contribution in [3.8, 4) is 0 Å². The van der Waals surface area contributed by atoms with E-state index >= 15 is 0 Å². The lowest BCUT2D eigenvalue weighted by atomic mass is 10.2. The van der Waals surface area contributed by atoms with Crippen molar-refractivity contribution in [1.82, 2.24) is 5.32 Å². The molecule has 0 rings (SSSR count). The second-order valence-corrected chi connectivity index (χ2v) is 11.2. The van der Waals surface area contributed by atoms with E-state index in [0.29, 0.717) is 12.5 Å². The van der Waals surface area contributed by atoms with Gasteiger partial charge in [0.2, 0.25) is 5.91 Å². The van der Waals surface area contributed by atoms with Crippen LogP contribution in [0.2, 0.25) is 19.1 Å². The molecule has 0 aliphatic heterocycles. The molecule has 0 bridgehead atoms. The number of carbonyl (C=O) groups is 1. The van der Waals surface area contributed by atoms with Gasteiger partial charge < -0.3 is 5.32 Å². The van der Waals surface area contributed by atoms with Gasteiger partial charge in [-0.05, 0) is 25.0 Å². The molecule has 1 atom stereocenters. The molecule has 0 aliphatic carbocycles. The Kier molecular flexibility index (Phi) is 6.12. The molecular formula is C10H20ClNOSi. The van der Waals surface area contributed by atoms with Crippen LogP contribution in [0.3, 0.4) is 0 Å². The number of amides is 1. The molecule has 14 heavy (non-hydrogen) atoms. The quantitative estimate of drug-likeness (QED) is 0.442. The van der Waals surface area contributed by atoms with E-state index in [1.165, 1.54) is 6.08 Å². The molecule has 0 spiro atoms. The standard InChI is InChI=1S/C10H20ClNOSi/c1-5-6-10(13)12-7-9(2)8-14(3,4)11/h5-6,9H,7-8H2,1-4H3,(H,12,13). The summed E-state index contributed by atoms with van der Waals surface area (Å²) in [5.41, 5.74) is 0. The zero-order valence-electron chi connectivity index (χ0n) is 9.43. The fourth-order valence-corrected chi connectivity index (χ4v) is 3.98. The average molecular weight is 234 g/mol. The normalized spacial score (nSPS) is 14.4. The summed E-state index contributed by atoms with van der Waals surface area (Å²) >= 11 is 6.22. The third kappa shape index (κ3) is 8.32. The molecule has 2 nitrogen and oxygen atoms in total. The third-order valence-electron chi connectivity index (χ3n) is 1.78. The van der Waals surface area contributed by atoms with E-state index in [1.807, 2.05) is 6.92 Å². The number of halogens is 1. The van der Waals surface area contributed by atoms with E-state index in [-0.39, 0.29) is 5.91 Å². The van der Waals surface area contributed by atoms with Crippen LogP contribution in [0, 0.1) is 5.92 Å². The Morgan fingerprint density at radius 3 is 2.57 bits per heavy atom. The van der Waals surface area contributed by atoms with Crippen molar-refractivity contribution in [1.29, 1.82) is 0 Å². The molecule has 0 saturated carbocycles. The van der Waals surface area contributed by atoms with Gasteiger partial charge in [0.15, 0.2) is 7.38 Å². The van der Waals surface area contributed by atoms with Gasteiger partial charge in [0.1, 0.15) is 0 Å². The summed E-state index contributed by atoms with van der Waals surface area (Å²) < 4.78 is 0. The first kappa shape index (κ1) is 13.7. The molecule has 0 fully saturated rings. The van der Waals surface area contributed by atoms with E-state index < -0.39 is 7.38 Å². The number of nitrogens with one attached hydrogen (secondary N) is 1. The Hall–Kier alpha value is -0.283. The zero-order chi connectivity index (χ0) is 11.2. The molecule has 0 aromatic heterocycles. The van der Waals surface area contributed by atoms with Crippen molar-refractivity contribution in [2.75, 3.05) is 6.54 Å². The van der Waals surface area contributed by atoms with Gasteiger partial charge in [-0.2, -0.15) is 11.1 Å². The van der Waals surface area contributed by atoms with Crippen LogP contribution in [-0.2, 0) is 4.79 Å². The molecule has 0 heterocycles. The summed E-state index contributed by atoms with van der Waals surface area (Å²) in [6, 6.07) is 1.03. The predicted octanol–water partition coefficient (Wildman–Crippen LogP) is 2.76. The van der Waals surface area contributed by atoms with Crippen molar-refractivity contribution in [2.24, 2.45) is 5.92 Å². The molecule has 0 radical (unpaired) electrons. The van der Waals surface area contributed by atoms with E-state index in [4.69, 9.17) is 11.1 Å². The summed E-state index contributed by atoms with van der Waals surface area (Å²) in [5.74, 6) is 0.441. The second-order valence-electron chi connectivity index (χ2n) is 4.27. The molecule has 4 heteroatoms. The highest BCUT2D eigenvalue weighted by Crippen LogP contribution is 2.19. The predicted molar refractivity (Wildman–Crippen MR) is 65.1 cm³/mol. The molecular weight excluding hydrogens is 214 g/mol. The van der Waals surface area contributed by atoms with Crippen LogP contribution in [-0.4, -0.2) is 19.8 Å². The van der Waals surface area contributed by atoms with E-state index in [1.54, 1.807) is 6.08 Å². The first-order chi connectivity index (χ1) is 6.35. The van der Waals surface area contributed by atoms with Gasteiger partial charge in [-0.15, -0.1) is 0 Å². The fourth-order valence-electron chi connectivity index (χ4n) is 1.39. The Labute approximate surface area is 92.4 Å². The van der Waals surface area contributed by atoms with Gasteiger partial charge >= 0.3 is 0 Å². The molecule has 0 aromatic rings. The lowest BCUT2D eigenvalue weighted by Gasteiger charge is -2.18. The van der Waals surface area contributed by atoms with Crippen LogP contribution in [0.4, 0.5) is 0 Å². The minimum atomic E-state index is -1.51. The van der Waals surface area contributed by atoms with Gasteiger partial charge in [-0.1, -0.05) is 26.1 Å². The number of carbonyl (C=O) groups excluding carboxylic acids is 1. The highest BCUT2D eigenvalue weighted by Gasteiger charge is 2.20. The second kappa shape index (κ2) is 6.25. The number of allylic oxidation sites excluding steroid dienone is 1. The monoisotopic (exact) mass is 233 g/mol. The van der Waals surface area contributed by atoms with Crippen molar-refractivity contribution in [2.45, 2.75) is 33.0 Å². The van der Waals surface area contributed by atoms with Crippen LogP contribution in [0.5, 0.6) is 0 Å². The lowest BCUT2D eigenvalue weighted by molar-refractivity contribution is -0.116. The summed E-state index contributed by atoms with van der Waals surface area (Å²) in [6.07, 6.45) is 3.27. The molecule has 0 aromatic carbocycles. The molecule has 1 unspecified atom stereocenters. The van der Waals surface area contributed by atoms with Crippen LogP contribution < -0.4 is 5.32 Å². The topological polar surface area (TPSA) is 29.1 Å². The average Bonchev–Trinajstić information content (AvgIpc) is 1.98. The fraction of sp³-hybridized carbons (Fsp3) is 0.700. The van der Waals surface area contributed by atoms with Crippen molar-refractivity contribution < 1.29 is 4.79 Å². The Morgan fingerprint density at radius 1 is 1.57 bits per heavy atom. The maximum atomic E-state index is 11.1. The minimum absolute atomic E-state index is 0.0200. The van der Waals surface area contributed by atoms with Crippen LogP contribution >= 0.6 is 11.1 Å². The van der Waals surface area contributed by atoms with Crippen LogP contribution in [0.1, 0.15) is 13.8 Å². The van der Waals surface area contributed by atoms with Crippen LogP contribution in [0.25, 0.3) is 0 Å². The van der Waals surface area contributed by atoms with Crippen molar-refractivity contribution >= 4 is 24.4 Å². The Balaban J connectivity index is 3.74. The third-order valence-corrected chi connectivity index (χ3v) is 3.91. The minimum Gasteiger partial charge on any atom is -0.352 e. The molecule has 0 aliphatic rings. The maximum absolute atomic E-state index is 11.1. The van der Waals surface area contributed by atoms with Gasteiger partial charge in [0.05, 0.1) is 0 Å². The smallest absolute Gasteiger partial charge is 0.243 e. The maximum Gasteiger partial charge on any atom is 0.243 e. The number of hydrogen-bond acceptors (Lipinski definition) is 1. The SMILES string of the molecule is CC=CC(=O)NCC(C)C[Si](C)(C)Cl. The molecule has 1 amide bonds. The van der Waals surface area contributed by atoms with E-state index in [2.05, 4.69) is 25.3 Å². The highest BCUT2D eigenvalue weighted by molar-refractivity contribution is 7.19. The first-order valence-electron chi connectivity index (χ1n) is 4.94. The van der Waals surface area contributed by atoms with Crippen molar-refractivity contribution in [3.05, 3.63) is 12.2 Å². The summed E-state index contributed by atoms with van der Waals surface area (Å²) in [6.45, 7) is 8.91. The van der Waals surface area contributed by atoms with Gasteiger partial charge in [0, 0.05) is 6.54 Å². The first-order valence-corrected chi connectivity index (χ1v) is 9.16. The number of rotatable bonds is 5. The summed E-state index contributed by atoms with van der Waals surface area (Å²) in [5, 5.41) is 2.84. The summed E-state index contributed by atoms with van der Waals surface area (Å²) in [7, 11) is -1.51. The largest absolute Gasteiger partial charge is 0.352 e.